The van der Waals surface area contributed by atoms with Crippen LogP contribution in [0.25, 0.3) is 28.2 Å². The molecule has 1 aromatic heterocycles. The highest BCUT2D eigenvalue weighted by Crippen LogP contribution is 2.33. The van der Waals surface area contributed by atoms with Crippen LogP contribution >= 0.6 is 0 Å². The molecule has 0 spiro atoms. The molecule has 3 aromatic rings. The Kier molecular flexibility index (Phi) is 4.29. The van der Waals surface area contributed by atoms with Crippen LogP contribution < -0.4 is 0 Å². The molecule has 0 aliphatic rings. The Morgan fingerprint density at radius 1 is 1.04 bits per heavy atom. The van der Waals surface area contributed by atoms with E-state index in [1.165, 1.54) is 0 Å². The van der Waals surface area contributed by atoms with Crippen LogP contribution in [0.15, 0.2) is 60.2 Å². The maximum Gasteiger partial charge on any atom is 0.178 e. The maximum absolute atomic E-state index is 12.6. The number of aromatic nitrogens is 1. The van der Waals surface area contributed by atoms with Gasteiger partial charge in [-0.2, -0.15) is 5.26 Å². The summed E-state index contributed by atoms with van der Waals surface area (Å²) in [6, 6.07) is 19.9. The summed E-state index contributed by atoms with van der Waals surface area (Å²) in [4.78, 5) is 16.0. The molecule has 0 aliphatic carbocycles. The quantitative estimate of drug-likeness (QED) is 0.520. The molecule has 0 amide bonds. The highest BCUT2D eigenvalue weighted by molar-refractivity contribution is 6.09. The number of nitriles is 1. The molecule has 0 saturated carbocycles. The van der Waals surface area contributed by atoms with Crippen molar-refractivity contribution in [3.63, 3.8) is 0 Å². The molecule has 124 valence electrons. The normalized spacial score (nSPS) is 12.2. The predicted octanol–water partition coefficient (Wildman–Crippen LogP) is 5.36. The number of carbonyl (C=O) groups is 1. The lowest BCUT2D eigenvalue weighted by molar-refractivity contribution is -0.121. The van der Waals surface area contributed by atoms with Gasteiger partial charge in [-0.15, -0.1) is 0 Å². The van der Waals surface area contributed by atoms with E-state index >= 15 is 0 Å². The first-order chi connectivity index (χ1) is 11.9. The standard InChI is InChI=1S/C22H20N2O/c1-22(2,3)21(25)16(14-23)13-18-17-11-7-8-12-19(17)24-20(18)15-9-5-4-6-10-15/h4-13,24H,1-3H3/b16-13+. The molecule has 2 aromatic carbocycles. The number of H-pyrrole nitrogens is 1. The molecule has 0 atom stereocenters. The predicted molar refractivity (Wildman–Crippen MR) is 102 cm³/mol. The van der Waals surface area contributed by atoms with Crippen LogP contribution in [-0.4, -0.2) is 10.8 Å². The molecular weight excluding hydrogens is 308 g/mol. The summed E-state index contributed by atoms with van der Waals surface area (Å²) in [5.74, 6) is -0.153. The van der Waals surface area contributed by atoms with Crippen LogP contribution in [0.3, 0.4) is 0 Å². The van der Waals surface area contributed by atoms with Crippen LogP contribution in [0.1, 0.15) is 26.3 Å². The minimum Gasteiger partial charge on any atom is -0.354 e. The molecule has 1 heterocycles. The number of nitrogens with zero attached hydrogens (tertiary/aromatic N) is 1. The molecule has 0 aliphatic heterocycles. The summed E-state index contributed by atoms with van der Waals surface area (Å²) in [5, 5.41) is 10.5. The molecule has 0 radical (unpaired) electrons. The molecule has 25 heavy (non-hydrogen) atoms. The lowest BCUT2D eigenvalue weighted by atomic mass is 9.86. The van der Waals surface area contributed by atoms with Crippen molar-refractivity contribution in [2.75, 3.05) is 0 Å². The Morgan fingerprint density at radius 2 is 1.68 bits per heavy atom. The third-order valence-electron chi connectivity index (χ3n) is 4.14. The zero-order valence-corrected chi connectivity index (χ0v) is 14.6. The van der Waals surface area contributed by atoms with Crippen LogP contribution in [0.4, 0.5) is 0 Å². The molecule has 3 rings (SSSR count). The Hall–Kier alpha value is -3.12. The summed E-state index contributed by atoms with van der Waals surface area (Å²) in [5.41, 5.74) is 3.36. The zero-order valence-electron chi connectivity index (χ0n) is 14.6. The summed E-state index contributed by atoms with van der Waals surface area (Å²) < 4.78 is 0. The van der Waals surface area contributed by atoms with Gasteiger partial charge in [-0.3, -0.25) is 4.79 Å². The van der Waals surface area contributed by atoms with Crippen molar-refractivity contribution >= 4 is 22.8 Å². The molecule has 3 heteroatoms. The van der Waals surface area contributed by atoms with Gasteiger partial charge in [-0.1, -0.05) is 69.3 Å². The average Bonchev–Trinajstić information content (AvgIpc) is 2.97. The van der Waals surface area contributed by atoms with E-state index in [-0.39, 0.29) is 11.4 Å². The summed E-state index contributed by atoms with van der Waals surface area (Å²) in [6.45, 7) is 5.48. The number of ketones is 1. The number of fused-ring (bicyclic) bond motifs is 1. The van der Waals surface area contributed by atoms with Crippen molar-refractivity contribution in [2.24, 2.45) is 5.41 Å². The number of nitrogens with one attached hydrogen (secondary N) is 1. The lowest BCUT2D eigenvalue weighted by Crippen LogP contribution is -2.21. The van der Waals surface area contributed by atoms with Crippen molar-refractivity contribution in [3.05, 3.63) is 65.7 Å². The Balaban J connectivity index is 2.26. The van der Waals surface area contributed by atoms with Gasteiger partial charge < -0.3 is 4.98 Å². The van der Waals surface area contributed by atoms with Gasteiger partial charge in [0.2, 0.25) is 0 Å². The van der Waals surface area contributed by atoms with E-state index in [9.17, 15) is 10.1 Å². The minimum absolute atomic E-state index is 0.153. The van der Waals surface area contributed by atoms with Gasteiger partial charge in [0, 0.05) is 21.9 Å². The van der Waals surface area contributed by atoms with Gasteiger partial charge in [-0.05, 0) is 17.7 Å². The number of carbonyl (C=O) groups excluding carboxylic acids is 1. The van der Waals surface area contributed by atoms with Crippen LogP contribution in [0, 0.1) is 16.7 Å². The Labute approximate surface area is 147 Å². The van der Waals surface area contributed by atoms with E-state index in [4.69, 9.17) is 0 Å². The van der Waals surface area contributed by atoms with Gasteiger partial charge in [0.05, 0.1) is 11.3 Å². The fourth-order valence-corrected chi connectivity index (χ4v) is 2.84. The van der Waals surface area contributed by atoms with E-state index < -0.39 is 5.41 Å². The molecule has 0 fully saturated rings. The number of aromatic amines is 1. The molecule has 3 nitrogen and oxygen atoms in total. The number of hydrogen-bond donors (Lipinski definition) is 1. The highest BCUT2D eigenvalue weighted by Gasteiger charge is 2.25. The second kappa shape index (κ2) is 6.41. The number of allylic oxidation sites excluding steroid dienone is 1. The summed E-state index contributed by atoms with van der Waals surface area (Å²) in [6.07, 6.45) is 1.72. The second-order valence-corrected chi connectivity index (χ2v) is 7.07. The first kappa shape index (κ1) is 16.7. The van der Waals surface area contributed by atoms with Crippen molar-refractivity contribution in [3.8, 4) is 17.3 Å². The second-order valence-electron chi connectivity index (χ2n) is 7.07. The summed E-state index contributed by atoms with van der Waals surface area (Å²) >= 11 is 0. The third-order valence-corrected chi connectivity index (χ3v) is 4.14. The summed E-state index contributed by atoms with van der Waals surface area (Å²) in [7, 11) is 0. The zero-order chi connectivity index (χ0) is 18.0. The molecule has 0 bridgehead atoms. The first-order valence-electron chi connectivity index (χ1n) is 8.24. The topological polar surface area (TPSA) is 56.6 Å². The van der Waals surface area contributed by atoms with Gasteiger partial charge in [0.25, 0.3) is 0 Å². The number of benzene rings is 2. The van der Waals surface area contributed by atoms with Crippen LogP contribution in [0.5, 0.6) is 0 Å². The maximum atomic E-state index is 12.6. The van der Waals surface area contributed by atoms with Crippen LogP contribution in [-0.2, 0) is 4.79 Å². The smallest absolute Gasteiger partial charge is 0.178 e. The number of Topliss-reactive ketones (excluding diaryl/α,β-unsaturated/α-hetero) is 1. The fourth-order valence-electron chi connectivity index (χ4n) is 2.84. The lowest BCUT2D eigenvalue weighted by Gasteiger charge is -2.15. The average molecular weight is 328 g/mol. The van der Waals surface area contributed by atoms with Crippen molar-refractivity contribution < 1.29 is 4.79 Å². The number of rotatable bonds is 3. The largest absolute Gasteiger partial charge is 0.354 e. The Morgan fingerprint density at radius 3 is 2.32 bits per heavy atom. The van der Waals surface area contributed by atoms with E-state index in [2.05, 4.69) is 11.1 Å². The number of para-hydroxylation sites is 1. The number of hydrogen-bond acceptors (Lipinski definition) is 2. The van der Waals surface area contributed by atoms with E-state index in [0.29, 0.717) is 0 Å². The Bertz CT molecular complexity index is 996. The SMILES string of the molecule is CC(C)(C)C(=O)/C(C#N)=C/c1c(-c2ccccc2)[nH]c2ccccc12. The van der Waals surface area contributed by atoms with Gasteiger partial charge in [0.1, 0.15) is 6.07 Å². The van der Waals surface area contributed by atoms with Crippen LogP contribution in [0.2, 0.25) is 0 Å². The third kappa shape index (κ3) is 3.25. The minimum atomic E-state index is -0.597. The van der Waals surface area contributed by atoms with E-state index in [1.54, 1.807) is 6.08 Å². The first-order valence-corrected chi connectivity index (χ1v) is 8.24. The van der Waals surface area contributed by atoms with Gasteiger partial charge >= 0.3 is 0 Å². The van der Waals surface area contributed by atoms with Gasteiger partial charge in [0.15, 0.2) is 5.78 Å². The van der Waals surface area contributed by atoms with Crippen molar-refractivity contribution in [1.82, 2.24) is 4.98 Å². The van der Waals surface area contributed by atoms with E-state index in [0.717, 1.165) is 27.7 Å². The van der Waals surface area contributed by atoms with Crippen molar-refractivity contribution in [2.45, 2.75) is 20.8 Å². The monoisotopic (exact) mass is 328 g/mol. The molecule has 0 saturated heterocycles. The highest BCUT2D eigenvalue weighted by atomic mass is 16.1. The molecule has 1 N–H and O–H groups in total. The van der Waals surface area contributed by atoms with Crippen molar-refractivity contribution in [1.29, 1.82) is 5.26 Å². The molecule has 0 unspecified atom stereocenters. The van der Waals surface area contributed by atoms with Gasteiger partial charge in [-0.25, -0.2) is 0 Å². The van der Waals surface area contributed by atoms with E-state index in [1.807, 2.05) is 75.4 Å². The fraction of sp³-hybridized carbons (Fsp3) is 0.182. The molecular formula is C22H20N2O.